The van der Waals surface area contributed by atoms with Gasteiger partial charge < -0.3 is 4.57 Å². The van der Waals surface area contributed by atoms with Crippen LogP contribution < -0.4 is 0 Å². The third-order valence-corrected chi connectivity index (χ3v) is 3.43. The van der Waals surface area contributed by atoms with Crippen LogP contribution in [-0.2, 0) is 7.05 Å². The number of hydrogen-bond acceptors (Lipinski definition) is 2. The SMILES string of the molecule is Cn1cc(-c2ccccc2)c(-c2ccc([N+](=O)[O-])cc2)c1. The quantitative estimate of drug-likeness (QED) is 0.530. The summed E-state index contributed by atoms with van der Waals surface area (Å²) in [7, 11) is 1.97. The molecule has 1 aromatic heterocycles. The van der Waals surface area contributed by atoms with Gasteiger partial charge in [-0.25, -0.2) is 0 Å². The van der Waals surface area contributed by atoms with Crippen molar-refractivity contribution in [3.05, 3.63) is 77.1 Å². The van der Waals surface area contributed by atoms with Gasteiger partial charge in [0.2, 0.25) is 0 Å². The monoisotopic (exact) mass is 278 g/mol. The van der Waals surface area contributed by atoms with Gasteiger partial charge in [-0.2, -0.15) is 0 Å². The molecule has 4 nitrogen and oxygen atoms in total. The average Bonchev–Trinajstić information content (AvgIpc) is 2.90. The maximum absolute atomic E-state index is 10.7. The number of benzene rings is 2. The van der Waals surface area contributed by atoms with Gasteiger partial charge in [0.25, 0.3) is 5.69 Å². The molecule has 1 heterocycles. The Bertz CT molecular complexity index is 774. The summed E-state index contributed by atoms with van der Waals surface area (Å²) in [6.07, 6.45) is 4.09. The highest BCUT2D eigenvalue weighted by Crippen LogP contribution is 2.33. The normalized spacial score (nSPS) is 10.5. The predicted molar refractivity (Wildman–Crippen MR) is 82.9 cm³/mol. The second-order valence-electron chi connectivity index (χ2n) is 4.92. The van der Waals surface area contributed by atoms with E-state index >= 15 is 0 Å². The number of nitro groups is 1. The molecule has 0 aliphatic carbocycles. The Labute approximate surface area is 122 Å². The molecule has 0 spiro atoms. The van der Waals surface area contributed by atoms with Crippen LogP contribution in [0.15, 0.2) is 67.0 Å². The van der Waals surface area contributed by atoms with E-state index in [1.807, 2.05) is 36.0 Å². The van der Waals surface area contributed by atoms with Crippen molar-refractivity contribution in [2.45, 2.75) is 0 Å². The molecule has 0 N–H and O–H groups in total. The average molecular weight is 278 g/mol. The zero-order chi connectivity index (χ0) is 14.8. The van der Waals surface area contributed by atoms with Crippen LogP contribution in [-0.4, -0.2) is 9.49 Å². The molecule has 0 saturated carbocycles. The first-order valence-corrected chi connectivity index (χ1v) is 6.61. The van der Waals surface area contributed by atoms with Gasteiger partial charge in [-0.05, 0) is 23.3 Å². The number of rotatable bonds is 3. The molecule has 104 valence electrons. The van der Waals surface area contributed by atoms with Crippen molar-refractivity contribution >= 4 is 5.69 Å². The van der Waals surface area contributed by atoms with Crippen molar-refractivity contribution in [1.29, 1.82) is 0 Å². The Morgan fingerprint density at radius 3 is 1.90 bits per heavy atom. The molecule has 0 atom stereocenters. The van der Waals surface area contributed by atoms with Crippen LogP contribution in [0.3, 0.4) is 0 Å². The van der Waals surface area contributed by atoms with Crippen molar-refractivity contribution in [2.75, 3.05) is 0 Å². The number of aryl methyl sites for hydroxylation is 1. The summed E-state index contributed by atoms with van der Waals surface area (Å²) < 4.78 is 2.00. The fraction of sp³-hybridized carbons (Fsp3) is 0.0588. The molecule has 0 aliphatic heterocycles. The second-order valence-corrected chi connectivity index (χ2v) is 4.92. The smallest absolute Gasteiger partial charge is 0.269 e. The van der Waals surface area contributed by atoms with E-state index in [1.54, 1.807) is 12.1 Å². The summed E-state index contributed by atoms with van der Waals surface area (Å²) in [5, 5.41) is 10.7. The highest BCUT2D eigenvalue weighted by atomic mass is 16.6. The Kier molecular flexibility index (Phi) is 3.28. The summed E-state index contributed by atoms with van der Waals surface area (Å²) in [5.74, 6) is 0. The van der Waals surface area contributed by atoms with Gasteiger partial charge in [0.15, 0.2) is 0 Å². The summed E-state index contributed by atoms with van der Waals surface area (Å²) in [6, 6.07) is 16.8. The molecular weight excluding hydrogens is 264 g/mol. The fourth-order valence-electron chi connectivity index (χ4n) is 2.42. The van der Waals surface area contributed by atoms with Gasteiger partial charge >= 0.3 is 0 Å². The lowest BCUT2D eigenvalue weighted by molar-refractivity contribution is -0.384. The van der Waals surface area contributed by atoms with E-state index in [0.717, 1.165) is 22.3 Å². The Morgan fingerprint density at radius 2 is 1.38 bits per heavy atom. The standard InChI is InChI=1S/C17H14N2O2/c1-18-11-16(13-5-3-2-4-6-13)17(12-18)14-7-9-15(10-8-14)19(20)21/h2-12H,1H3. The van der Waals surface area contributed by atoms with E-state index in [9.17, 15) is 10.1 Å². The molecule has 21 heavy (non-hydrogen) atoms. The van der Waals surface area contributed by atoms with Crippen molar-refractivity contribution in [1.82, 2.24) is 4.57 Å². The largest absolute Gasteiger partial charge is 0.356 e. The van der Waals surface area contributed by atoms with Crippen LogP contribution in [0.1, 0.15) is 0 Å². The van der Waals surface area contributed by atoms with E-state index in [1.165, 1.54) is 12.1 Å². The van der Waals surface area contributed by atoms with E-state index < -0.39 is 0 Å². The van der Waals surface area contributed by atoms with Gasteiger partial charge in [-0.1, -0.05) is 30.3 Å². The first-order valence-electron chi connectivity index (χ1n) is 6.61. The second kappa shape index (κ2) is 5.25. The van der Waals surface area contributed by atoms with E-state index in [4.69, 9.17) is 0 Å². The molecule has 0 fully saturated rings. The fourth-order valence-corrected chi connectivity index (χ4v) is 2.42. The van der Waals surface area contributed by atoms with E-state index in [0.29, 0.717) is 0 Å². The molecule has 3 rings (SSSR count). The van der Waals surface area contributed by atoms with Gasteiger partial charge in [0.1, 0.15) is 0 Å². The Morgan fingerprint density at radius 1 is 0.857 bits per heavy atom. The predicted octanol–water partition coefficient (Wildman–Crippen LogP) is 4.27. The highest BCUT2D eigenvalue weighted by Gasteiger charge is 2.11. The number of nitrogens with zero attached hydrogens (tertiary/aromatic N) is 2. The minimum absolute atomic E-state index is 0.107. The zero-order valence-electron chi connectivity index (χ0n) is 11.6. The molecule has 4 heteroatoms. The number of nitro benzene ring substituents is 1. The summed E-state index contributed by atoms with van der Waals surface area (Å²) in [6.45, 7) is 0. The van der Waals surface area contributed by atoms with Gasteiger partial charge in [-0.3, -0.25) is 10.1 Å². The van der Waals surface area contributed by atoms with Crippen molar-refractivity contribution in [3.63, 3.8) is 0 Å². The van der Waals surface area contributed by atoms with Gasteiger partial charge in [-0.15, -0.1) is 0 Å². The van der Waals surface area contributed by atoms with Crippen LogP contribution in [0.2, 0.25) is 0 Å². The van der Waals surface area contributed by atoms with Crippen LogP contribution in [0.25, 0.3) is 22.3 Å². The van der Waals surface area contributed by atoms with Crippen LogP contribution >= 0.6 is 0 Å². The minimum Gasteiger partial charge on any atom is -0.356 e. The van der Waals surface area contributed by atoms with Gasteiger partial charge in [0.05, 0.1) is 4.92 Å². The molecule has 0 unspecified atom stereocenters. The first-order chi connectivity index (χ1) is 10.1. The molecule has 0 bridgehead atoms. The lowest BCUT2D eigenvalue weighted by Gasteiger charge is -2.04. The molecule has 0 amide bonds. The summed E-state index contributed by atoms with van der Waals surface area (Å²) in [4.78, 5) is 10.4. The van der Waals surface area contributed by atoms with Crippen molar-refractivity contribution in [2.24, 2.45) is 7.05 Å². The van der Waals surface area contributed by atoms with Gasteiger partial charge in [0, 0.05) is 42.7 Å². The summed E-state index contributed by atoms with van der Waals surface area (Å²) in [5.41, 5.74) is 4.40. The third-order valence-electron chi connectivity index (χ3n) is 3.43. The zero-order valence-corrected chi connectivity index (χ0v) is 11.6. The van der Waals surface area contributed by atoms with Crippen LogP contribution in [0.4, 0.5) is 5.69 Å². The minimum atomic E-state index is -0.382. The van der Waals surface area contributed by atoms with Crippen molar-refractivity contribution < 1.29 is 4.92 Å². The maximum atomic E-state index is 10.7. The highest BCUT2D eigenvalue weighted by molar-refractivity contribution is 5.83. The molecule has 0 radical (unpaired) electrons. The number of non-ortho nitro benzene ring substituents is 1. The molecular formula is C17H14N2O2. The number of aromatic nitrogens is 1. The molecule has 2 aromatic carbocycles. The van der Waals surface area contributed by atoms with E-state index in [2.05, 4.69) is 18.3 Å². The third kappa shape index (κ3) is 2.56. The van der Waals surface area contributed by atoms with E-state index in [-0.39, 0.29) is 10.6 Å². The lowest BCUT2D eigenvalue weighted by atomic mass is 9.99. The van der Waals surface area contributed by atoms with Crippen LogP contribution in [0, 0.1) is 10.1 Å². The van der Waals surface area contributed by atoms with Crippen molar-refractivity contribution in [3.8, 4) is 22.3 Å². The maximum Gasteiger partial charge on any atom is 0.269 e. The number of hydrogen-bond donors (Lipinski definition) is 0. The molecule has 0 saturated heterocycles. The topological polar surface area (TPSA) is 48.1 Å². The lowest BCUT2D eigenvalue weighted by Crippen LogP contribution is -1.87. The van der Waals surface area contributed by atoms with Crippen LogP contribution in [0.5, 0.6) is 0 Å². The molecule has 3 aromatic rings. The first kappa shape index (κ1) is 13.1. The Balaban J connectivity index is 2.09. The summed E-state index contributed by atoms with van der Waals surface area (Å²) >= 11 is 0. The molecule has 0 aliphatic rings. The Hall–Kier alpha value is -2.88.